The molecule has 33 heavy (non-hydrogen) atoms. The zero-order valence-corrected chi connectivity index (χ0v) is 19.2. The molecule has 0 saturated carbocycles. The molecular weight excluding hydrogens is 420 g/mol. The van der Waals surface area contributed by atoms with Crippen molar-refractivity contribution in [1.82, 2.24) is 4.90 Å². The Bertz CT molecular complexity index is 1110. The van der Waals surface area contributed by atoms with Crippen LogP contribution in [-0.2, 0) is 16.1 Å². The lowest BCUT2D eigenvalue weighted by molar-refractivity contribution is -0.141. The number of rotatable bonds is 10. The van der Waals surface area contributed by atoms with Crippen molar-refractivity contribution in [2.75, 3.05) is 13.7 Å². The van der Waals surface area contributed by atoms with Gasteiger partial charge in [-0.3, -0.25) is 14.5 Å². The first-order valence-corrected chi connectivity index (χ1v) is 11.0. The van der Waals surface area contributed by atoms with E-state index in [1.807, 2.05) is 12.1 Å². The van der Waals surface area contributed by atoms with Crippen molar-refractivity contribution < 1.29 is 23.5 Å². The Balaban J connectivity index is 1.88. The molecule has 1 aromatic carbocycles. The summed E-state index contributed by atoms with van der Waals surface area (Å²) in [4.78, 5) is 26.9. The highest BCUT2D eigenvalue weighted by Crippen LogP contribution is 2.32. The first-order valence-electron chi connectivity index (χ1n) is 11.0. The van der Waals surface area contributed by atoms with Crippen LogP contribution in [0.5, 0.6) is 11.5 Å². The summed E-state index contributed by atoms with van der Waals surface area (Å²) >= 11 is 0. The fraction of sp³-hybridized carbons (Fsp3) is 0.346. The van der Waals surface area contributed by atoms with Gasteiger partial charge in [0.1, 0.15) is 17.4 Å². The van der Waals surface area contributed by atoms with Crippen LogP contribution in [0.25, 0.3) is 6.08 Å². The third-order valence-electron chi connectivity index (χ3n) is 5.47. The van der Waals surface area contributed by atoms with Crippen LogP contribution < -0.4 is 9.47 Å². The van der Waals surface area contributed by atoms with Crippen LogP contribution in [0.2, 0.25) is 0 Å². The molecule has 7 heteroatoms. The lowest BCUT2D eigenvalue weighted by Gasteiger charge is -2.26. The third kappa shape index (κ3) is 5.53. The molecule has 7 nitrogen and oxygen atoms in total. The second kappa shape index (κ2) is 11.2. The summed E-state index contributed by atoms with van der Waals surface area (Å²) in [7, 11) is 1.56. The van der Waals surface area contributed by atoms with E-state index >= 15 is 0 Å². The molecule has 172 valence electrons. The molecule has 0 fully saturated rings. The molecule has 0 atom stereocenters. The van der Waals surface area contributed by atoms with Gasteiger partial charge < -0.3 is 13.9 Å². The summed E-state index contributed by atoms with van der Waals surface area (Å²) in [6, 6.07) is 10.7. The smallest absolute Gasteiger partial charge is 0.272 e. The van der Waals surface area contributed by atoms with Gasteiger partial charge in [-0.1, -0.05) is 32.3 Å². The van der Waals surface area contributed by atoms with E-state index in [2.05, 4.69) is 6.92 Å². The highest BCUT2D eigenvalue weighted by Gasteiger charge is 2.35. The summed E-state index contributed by atoms with van der Waals surface area (Å²) in [5, 5.41) is 9.55. The zero-order chi connectivity index (χ0) is 23.8. The number of hydrogen-bond donors (Lipinski definition) is 0. The van der Waals surface area contributed by atoms with Crippen LogP contribution in [-0.4, -0.2) is 30.4 Å². The number of unbranched alkanes of at least 4 members (excludes halogenated alkanes) is 3. The van der Waals surface area contributed by atoms with Gasteiger partial charge in [0, 0.05) is 5.57 Å². The number of nitriles is 1. The number of furan rings is 1. The molecule has 2 aromatic rings. The number of carbonyl (C=O) groups is 2. The molecule has 0 aliphatic carbocycles. The van der Waals surface area contributed by atoms with Crippen LogP contribution >= 0.6 is 0 Å². The number of benzene rings is 1. The Morgan fingerprint density at radius 3 is 2.61 bits per heavy atom. The first kappa shape index (κ1) is 23.9. The molecule has 1 aromatic heterocycles. The third-order valence-corrected chi connectivity index (χ3v) is 5.47. The van der Waals surface area contributed by atoms with Gasteiger partial charge in [0.2, 0.25) is 0 Å². The Hall–Kier alpha value is -3.79. The predicted octanol–water partition coefficient (Wildman–Crippen LogP) is 5.04. The van der Waals surface area contributed by atoms with E-state index in [0.29, 0.717) is 35.0 Å². The SMILES string of the molecule is CCCCCCOc1ccc(/C=C2/C(=O)N(Cc3ccco3)C(=O)C(C#N)=C2C)cc1OC. The van der Waals surface area contributed by atoms with Crippen molar-refractivity contribution in [3.63, 3.8) is 0 Å². The van der Waals surface area contributed by atoms with Gasteiger partial charge in [0.05, 0.1) is 26.5 Å². The Morgan fingerprint density at radius 1 is 1.12 bits per heavy atom. The van der Waals surface area contributed by atoms with Crippen LogP contribution in [0.4, 0.5) is 0 Å². The fourth-order valence-corrected chi connectivity index (χ4v) is 3.60. The largest absolute Gasteiger partial charge is 0.493 e. The van der Waals surface area contributed by atoms with E-state index in [0.717, 1.165) is 24.2 Å². The summed E-state index contributed by atoms with van der Waals surface area (Å²) in [5.74, 6) is 0.524. The monoisotopic (exact) mass is 448 g/mol. The first-order chi connectivity index (χ1) is 16.0. The number of imide groups is 1. The van der Waals surface area contributed by atoms with Crippen molar-refractivity contribution in [3.8, 4) is 17.6 Å². The molecule has 2 heterocycles. The van der Waals surface area contributed by atoms with Crippen molar-refractivity contribution in [2.24, 2.45) is 0 Å². The molecule has 0 bridgehead atoms. The summed E-state index contributed by atoms with van der Waals surface area (Å²) in [5.41, 5.74) is 1.25. The van der Waals surface area contributed by atoms with Gasteiger partial charge in [0.25, 0.3) is 11.8 Å². The topological polar surface area (TPSA) is 92.8 Å². The van der Waals surface area contributed by atoms with E-state index < -0.39 is 11.8 Å². The second-order valence-corrected chi connectivity index (χ2v) is 7.77. The van der Waals surface area contributed by atoms with Crippen molar-refractivity contribution >= 4 is 17.9 Å². The van der Waals surface area contributed by atoms with Gasteiger partial charge in [-0.15, -0.1) is 0 Å². The summed E-state index contributed by atoms with van der Waals surface area (Å²) in [6.07, 6.45) is 7.55. The minimum atomic E-state index is -0.627. The minimum Gasteiger partial charge on any atom is -0.493 e. The predicted molar refractivity (Wildman–Crippen MR) is 123 cm³/mol. The molecular formula is C26H28N2O5. The minimum absolute atomic E-state index is 0.0470. The van der Waals surface area contributed by atoms with E-state index in [1.54, 1.807) is 44.4 Å². The van der Waals surface area contributed by atoms with Crippen LogP contribution in [0.3, 0.4) is 0 Å². The highest BCUT2D eigenvalue weighted by molar-refractivity contribution is 6.19. The lowest BCUT2D eigenvalue weighted by Crippen LogP contribution is -2.42. The van der Waals surface area contributed by atoms with Gasteiger partial charge >= 0.3 is 0 Å². The van der Waals surface area contributed by atoms with Gasteiger partial charge in [-0.25, -0.2) is 0 Å². The van der Waals surface area contributed by atoms with Gasteiger partial charge in [-0.05, 0) is 54.8 Å². The fourth-order valence-electron chi connectivity index (χ4n) is 3.60. The standard InChI is InChI=1S/C26H28N2O5/c1-4-5-6-7-12-33-23-11-10-19(15-24(23)31-3)14-21-18(2)22(16-27)26(30)28(25(21)29)17-20-9-8-13-32-20/h8-11,13-15H,4-7,12,17H2,1-3H3/b21-14+. The normalized spacial score (nSPS) is 15.2. The van der Waals surface area contributed by atoms with Crippen LogP contribution in [0.1, 0.15) is 50.9 Å². The van der Waals surface area contributed by atoms with Gasteiger partial charge in [0.15, 0.2) is 11.5 Å². The summed E-state index contributed by atoms with van der Waals surface area (Å²) in [6.45, 7) is 4.33. The molecule has 0 N–H and O–H groups in total. The maximum atomic E-state index is 13.2. The maximum Gasteiger partial charge on any atom is 0.272 e. The molecule has 0 radical (unpaired) electrons. The van der Waals surface area contributed by atoms with E-state index in [4.69, 9.17) is 13.9 Å². The summed E-state index contributed by atoms with van der Waals surface area (Å²) < 4.78 is 16.6. The van der Waals surface area contributed by atoms with E-state index in [1.165, 1.54) is 12.7 Å². The second-order valence-electron chi connectivity index (χ2n) is 7.77. The van der Waals surface area contributed by atoms with Crippen LogP contribution in [0.15, 0.2) is 57.7 Å². The zero-order valence-electron chi connectivity index (χ0n) is 19.2. The molecule has 1 aliphatic rings. The molecule has 0 unspecified atom stereocenters. The molecule has 0 spiro atoms. The number of hydrogen-bond acceptors (Lipinski definition) is 6. The average Bonchev–Trinajstić information content (AvgIpc) is 3.33. The molecule has 2 amide bonds. The van der Waals surface area contributed by atoms with Crippen molar-refractivity contribution in [3.05, 3.63) is 64.6 Å². The Morgan fingerprint density at radius 2 is 1.94 bits per heavy atom. The highest BCUT2D eigenvalue weighted by atomic mass is 16.5. The number of carbonyl (C=O) groups excluding carboxylic acids is 2. The average molecular weight is 449 g/mol. The molecule has 3 rings (SSSR count). The van der Waals surface area contributed by atoms with Crippen LogP contribution in [0, 0.1) is 11.3 Å². The molecule has 1 aliphatic heterocycles. The quantitative estimate of drug-likeness (QED) is 0.287. The van der Waals surface area contributed by atoms with Crippen molar-refractivity contribution in [2.45, 2.75) is 46.1 Å². The number of ether oxygens (including phenoxy) is 2. The molecule has 0 saturated heterocycles. The van der Waals surface area contributed by atoms with Crippen molar-refractivity contribution in [1.29, 1.82) is 5.26 Å². The van der Waals surface area contributed by atoms with Gasteiger partial charge in [-0.2, -0.15) is 5.26 Å². The lowest BCUT2D eigenvalue weighted by atomic mass is 9.93. The van der Waals surface area contributed by atoms with E-state index in [-0.39, 0.29) is 17.7 Å². The number of methoxy groups -OCH3 is 1. The van der Waals surface area contributed by atoms with E-state index in [9.17, 15) is 14.9 Å². The number of nitrogens with zero attached hydrogens (tertiary/aromatic N) is 2. The number of amides is 2. The maximum absolute atomic E-state index is 13.2. The Kier molecular flexibility index (Phi) is 8.09. The Labute approximate surface area is 193 Å².